The monoisotopic (exact) mass is 254 g/mol. The first-order valence-electron chi connectivity index (χ1n) is 8.09. The van der Waals surface area contributed by atoms with Gasteiger partial charge in [0.1, 0.15) is 0 Å². The van der Waals surface area contributed by atoms with Crippen molar-refractivity contribution in [3.8, 4) is 0 Å². The molecule has 0 saturated heterocycles. The molecule has 1 aliphatic rings. The van der Waals surface area contributed by atoms with E-state index in [1.165, 1.54) is 57.9 Å². The Hall–Kier alpha value is -0.0800. The first-order valence-corrected chi connectivity index (χ1v) is 8.09. The van der Waals surface area contributed by atoms with E-state index < -0.39 is 0 Å². The molecule has 0 bridgehead atoms. The van der Waals surface area contributed by atoms with Crippen LogP contribution >= 0.6 is 0 Å². The summed E-state index contributed by atoms with van der Waals surface area (Å²) < 4.78 is 0. The van der Waals surface area contributed by atoms with Crippen molar-refractivity contribution in [3.05, 3.63) is 0 Å². The van der Waals surface area contributed by atoms with E-state index in [4.69, 9.17) is 5.73 Å². The molecule has 0 aliphatic heterocycles. The fraction of sp³-hybridized carbons (Fsp3) is 1.00. The van der Waals surface area contributed by atoms with Gasteiger partial charge in [0.15, 0.2) is 0 Å². The van der Waals surface area contributed by atoms with Crippen molar-refractivity contribution in [3.63, 3.8) is 0 Å². The maximum absolute atomic E-state index is 5.66. The third kappa shape index (κ3) is 5.27. The molecule has 2 nitrogen and oxygen atoms in total. The summed E-state index contributed by atoms with van der Waals surface area (Å²) in [5.74, 6) is 1.75. The first-order chi connectivity index (χ1) is 8.69. The van der Waals surface area contributed by atoms with E-state index in [0.29, 0.717) is 0 Å². The molecule has 0 spiro atoms. The van der Waals surface area contributed by atoms with Crippen LogP contribution in [0.25, 0.3) is 0 Å². The Balaban J connectivity index is 2.21. The SMILES string of the molecule is CCC(CCN)CCCN(C)C1CCCCC1C. The highest BCUT2D eigenvalue weighted by Gasteiger charge is 2.24. The summed E-state index contributed by atoms with van der Waals surface area (Å²) in [5, 5.41) is 0. The number of nitrogens with zero attached hydrogens (tertiary/aromatic N) is 1. The normalized spacial score (nSPS) is 26.5. The highest BCUT2D eigenvalue weighted by Crippen LogP contribution is 2.27. The van der Waals surface area contributed by atoms with Gasteiger partial charge in [0.05, 0.1) is 0 Å². The zero-order chi connectivity index (χ0) is 13.4. The van der Waals surface area contributed by atoms with Crippen LogP contribution < -0.4 is 5.73 Å². The molecule has 0 aromatic heterocycles. The zero-order valence-electron chi connectivity index (χ0n) is 12.8. The van der Waals surface area contributed by atoms with Gasteiger partial charge in [-0.25, -0.2) is 0 Å². The zero-order valence-corrected chi connectivity index (χ0v) is 12.8. The summed E-state index contributed by atoms with van der Waals surface area (Å²) in [6.07, 6.45) is 10.9. The molecule has 1 saturated carbocycles. The van der Waals surface area contributed by atoms with E-state index in [1.807, 2.05) is 0 Å². The van der Waals surface area contributed by atoms with Gasteiger partial charge in [-0.1, -0.05) is 33.1 Å². The minimum atomic E-state index is 0.841. The molecule has 2 N–H and O–H groups in total. The predicted molar refractivity (Wildman–Crippen MR) is 80.7 cm³/mol. The van der Waals surface area contributed by atoms with Crippen LogP contribution in [0.15, 0.2) is 0 Å². The van der Waals surface area contributed by atoms with Gasteiger partial charge in [-0.15, -0.1) is 0 Å². The van der Waals surface area contributed by atoms with E-state index in [9.17, 15) is 0 Å². The van der Waals surface area contributed by atoms with Crippen molar-refractivity contribution in [1.29, 1.82) is 0 Å². The second kappa shape index (κ2) is 8.92. The summed E-state index contributed by atoms with van der Waals surface area (Å²) in [5.41, 5.74) is 5.66. The average molecular weight is 254 g/mol. The Morgan fingerprint density at radius 1 is 1.22 bits per heavy atom. The number of rotatable bonds is 8. The summed E-state index contributed by atoms with van der Waals surface area (Å²) in [7, 11) is 2.33. The molecule has 3 unspecified atom stereocenters. The lowest BCUT2D eigenvalue weighted by atomic mass is 9.85. The van der Waals surface area contributed by atoms with Crippen molar-refractivity contribution < 1.29 is 0 Å². The fourth-order valence-electron chi connectivity index (χ4n) is 3.53. The quantitative estimate of drug-likeness (QED) is 0.716. The van der Waals surface area contributed by atoms with Crippen molar-refractivity contribution in [2.75, 3.05) is 20.1 Å². The minimum Gasteiger partial charge on any atom is -0.330 e. The van der Waals surface area contributed by atoms with Crippen LogP contribution in [0.1, 0.15) is 65.2 Å². The van der Waals surface area contributed by atoms with Crippen LogP contribution in [-0.4, -0.2) is 31.1 Å². The number of hydrogen-bond acceptors (Lipinski definition) is 2. The molecule has 1 aliphatic carbocycles. The van der Waals surface area contributed by atoms with Gasteiger partial charge in [-0.2, -0.15) is 0 Å². The van der Waals surface area contributed by atoms with Gasteiger partial charge in [-0.05, 0) is 64.1 Å². The molecule has 2 heteroatoms. The Labute approximate surface area is 114 Å². The summed E-state index contributed by atoms with van der Waals surface area (Å²) in [6, 6.07) is 0.841. The molecule has 0 heterocycles. The lowest BCUT2D eigenvalue weighted by Gasteiger charge is -2.36. The largest absolute Gasteiger partial charge is 0.330 e. The van der Waals surface area contributed by atoms with Crippen LogP contribution in [0.3, 0.4) is 0 Å². The van der Waals surface area contributed by atoms with Crippen LogP contribution in [0.5, 0.6) is 0 Å². The van der Waals surface area contributed by atoms with Gasteiger partial charge in [0, 0.05) is 6.04 Å². The van der Waals surface area contributed by atoms with Crippen molar-refractivity contribution in [2.45, 2.75) is 71.3 Å². The fourth-order valence-corrected chi connectivity index (χ4v) is 3.53. The topological polar surface area (TPSA) is 29.3 Å². The molecule has 108 valence electrons. The molecule has 0 aromatic carbocycles. The van der Waals surface area contributed by atoms with Crippen LogP contribution in [0.4, 0.5) is 0 Å². The molecule has 1 rings (SSSR count). The molecular weight excluding hydrogens is 220 g/mol. The summed E-state index contributed by atoms with van der Waals surface area (Å²) in [4.78, 5) is 2.62. The third-order valence-corrected chi connectivity index (χ3v) is 4.91. The van der Waals surface area contributed by atoms with E-state index in [-0.39, 0.29) is 0 Å². The van der Waals surface area contributed by atoms with Gasteiger partial charge >= 0.3 is 0 Å². The van der Waals surface area contributed by atoms with E-state index in [0.717, 1.165) is 24.4 Å². The molecule has 3 atom stereocenters. The lowest BCUT2D eigenvalue weighted by molar-refractivity contribution is 0.135. The van der Waals surface area contributed by atoms with E-state index >= 15 is 0 Å². The van der Waals surface area contributed by atoms with Crippen LogP contribution in [-0.2, 0) is 0 Å². The first kappa shape index (κ1) is 16.0. The predicted octanol–water partition coefficient (Wildman–Crippen LogP) is 3.65. The molecule has 0 aromatic rings. The second-order valence-corrected chi connectivity index (χ2v) is 6.30. The minimum absolute atomic E-state index is 0.841. The smallest absolute Gasteiger partial charge is 0.0118 e. The molecular formula is C16H34N2. The van der Waals surface area contributed by atoms with Crippen LogP contribution in [0.2, 0.25) is 0 Å². The maximum atomic E-state index is 5.66. The highest BCUT2D eigenvalue weighted by molar-refractivity contribution is 4.79. The Kier molecular flexibility index (Phi) is 7.92. The van der Waals surface area contributed by atoms with Crippen molar-refractivity contribution in [2.24, 2.45) is 17.6 Å². The Morgan fingerprint density at radius 2 is 1.94 bits per heavy atom. The summed E-state index contributed by atoms with van der Waals surface area (Å²) in [6.45, 7) is 6.86. The lowest BCUT2D eigenvalue weighted by Crippen LogP contribution is -2.39. The molecule has 0 radical (unpaired) electrons. The standard InChI is InChI=1S/C16H34N2/c1-4-15(11-12-17)9-7-13-18(3)16-10-6-5-8-14(16)2/h14-16H,4-13,17H2,1-3H3. The van der Waals surface area contributed by atoms with Crippen molar-refractivity contribution in [1.82, 2.24) is 4.90 Å². The maximum Gasteiger partial charge on any atom is 0.0118 e. The Bertz CT molecular complexity index is 205. The van der Waals surface area contributed by atoms with Gasteiger partial charge in [0.25, 0.3) is 0 Å². The molecule has 1 fully saturated rings. The van der Waals surface area contributed by atoms with Gasteiger partial charge in [-0.3, -0.25) is 0 Å². The highest BCUT2D eigenvalue weighted by atomic mass is 15.1. The van der Waals surface area contributed by atoms with E-state index in [2.05, 4.69) is 25.8 Å². The van der Waals surface area contributed by atoms with E-state index in [1.54, 1.807) is 0 Å². The molecule has 18 heavy (non-hydrogen) atoms. The average Bonchev–Trinajstić information content (AvgIpc) is 2.38. The third-order valence-electron chi connectivity index (χ3n) is 4.91. The van der Waals surface area contributed by atoms with Crippen molar-refractivity contribution >= 4 is 0 Å². The Morgan fingerprint density at radius 3 is 2.56 bits per heavy atom. The number of hydrogen-bond donors (Lipinski definition) is 1. The van der Waals surface area contributed by atoms with Gasteiger partial charge in [0.2, 0.25) is 0 Å². The summed E-state index contributed by atoms with van der Waals surface area (Å²) >= 11 is 0. The van der Waals surface area contributed by atoms with Gasteiger partial charge < -0.3 is 10.6 Å². The van der Waals surface area contributed by atoms with Crippen LogP contribution in [0, 0.1) is 11.8 Å². The number of nitrogens with two attached hydrogens (primary N) is 1. The second-order valence-electron chi connectivity index (χ2n) is 6.30. The molecule has 0 amide bonds.